The highest BCUT2D eigenvalue weighted by molar-refractivity contribution is 5.92. The minimum Gasteiger partial charge on any atom is -0.400 e. The Balaban J connectivity index is 1.75. The molecule has 0 bridgehead atoms. The molecule has 2 heterocycles. The molecule has 1 N–H and O–H groups in total. The molecule has 0 aliphatic heterocycles. The van der Waals surface area contributed by atoms with Gasteiger partial charge in [-0.2, -0.15) is 0 Å². The van der Waals surface area contributed by atoms with Gasteiger partial charge in [-0.3, -0.25) is 10.1 Å². The predicted octanol–water partition coefficient (Wildman–Crippen LogP) is 1.07. The van der Waals surface area contributed by atoms with Crippen molar-refractivity contribution in [1.29, 1.82) is 0 Å². The molecule has 0 spiro atoms. The van der Waals surface area contributed by atoms with Crippen molar-refractivity contribution in [3.63, 3.8) is 0 Å². The Morgan fingerprint density at radius 1 is 1.44 bits per heavy atom. The van der Waals surface area contributed by atoms with Crippen molar-refractivity contribution in [3.05, 3.63) is 12.3 Å². The Hall–Kier alpha value is -2.18. The first-order chi connectivity index (χ1) is 7.83. The summed E-state index contributed by atoms with van der Waals surface area (Å²) >= 11 is 0. The number of rotatable bonds is 3. The third-order valence-corrected chi connectivity index (χ3v) is 2.25. The van der Waals surface area contributed by atoms with Crippen molar-refractivity contribution in [2.24, 2.45) is 5.92 Å². The summed E-state index contributed by atoms with van der Waals surface area (Å²) < 4.78 is 10.0. The van der Waals surface area contributed by atoms with Gasteiger partial charge < -0.3 is 8.94 Å². The third kappa shape index (κ3) is 1.67. The van der Waals surface area contributed by atoms with E-state index in [2.05, 4.69) is 20.7 Å². The Labute approximate surface area is 89.8 Å². The van der Waals surface area contributed by atoms with Crippen LogP contribution in [-0.2, 0) is 4.79 Å². The van der Waals surface area contributed by atoms with Crippen molar-refractivity contribution in [1.82, 2.24) is 15.4 Å². The molecule has 0 saturated heterocycles. The zero-order chi connectivity index (χ0) is 11.0. The summed E-state index contributed by atoms with van der Waals surface area (Å²) in [5, 5.41) is 13.5. The van der Waals surface area contributed by atoms with E-state index >= 15 is 0 Å². The first-order valence-electron chi connectivity index (χ1n) is 4.88. The van der Waals surface area contributed by atoms with Gasteiger partial charge in [0.15, 0.2) is 0 Å². The summed E-state index contributed by atoms with van der Waals surface area (Å²) in [6.45, 7) is 0. The van der Waals surface area contributed by atoms with Crippen LogP contribution < -0.4 is 5.32 Å². The molecule has 1 aliphatic carbocycles. The van der Waals surface area contributed by atoms with Crippen molar-refractivity contribution in [2.45, 2.75) is 12.8 Å². The van der Waals surface area contributed by atoms with Crippen LogP contribution >= 0.6 is 0 Å². The van der Waals surface area contributed by atoms with Gasteiger partial charge in [-0.25, -0.2) is 0 Å². The number of nitrogens with one attached hydrogen (secondary N) is 1. The van der Waals surface area contributed by atoms with Crippen LogP contribution in [0.2, 0.25) is 0 Å². The third-order valence-electron chi connectivity index (χ3n) is 2.25. The quantitative estimate of drug-likeness (QED) is 0.831. The Morgan fingerprint density at radius 2 is 2.31 bits per heavy atom. The van der Waals surface area contributed by atoms with Gasteiger partial charge in [0.2, 0.25) is 11.7 Å². The second kappa shape index (κ2) is 3.44. The number of aromatic nitrogens is 3. The smallest absolute Gasteiger partial charge is 0.322 e. The lowest BCUT2D eigenvalue weighted by molar-refractivity contribution is -0.117. The van der Waals surface area contributed by atoms with Gasteiger partial charge in [0.25, 0.3) is 5.89 Å². The molecular formula is C9H8N4O3. The van der Waals surface area contributed by atoms with Gasteiger partial charge in [-0.1, -0.05) is 10.3 Å². The zero-order valence-electron chi connectivity index (χ0n) is 8.21. The molecule has 1 amide bonds. The fourth-order valence-corrected chi connectivity index (χ4v) is 1.25. The Morgan fingerprint density at radius 3 is 3.00 bits per heavy atom. The lowest BCUT2D eigenvalue weighted by atomic mass is 10.4. The van der Waals surface area contributed by atoms with Crippen LogP contribution in [-0.4, -0.2) is 21.3 Å². The number of anilines is 1. The molecule has 2 aromatic heterocycles. The molecule has 0 atom stereocenters. The van der Waals surface area contributed by atoms with E-state index < -0.39 is 0 Å². The summed E-state index contributed by atoms with van der Waals surface area (Å²) in [4.78, 5) is 11.4. The molecule has 16 heavy (non-hydrogen) atoms. The number of hydrogen-bond donors (Lipinski definition) is 1. The summed E-state index contributed by atoms with van der Waals surface area (Å²) in [5.41, 5.74) is 0. The molecule has 0 radical (unpaired) electrons. The average Bonchev–Trinajstić information content (AvgIpc) is 2.80. The lowest BCUT2D eigenvalue weighted by Gasteiger charge is -1.95. The van der Waals surface area contributed by atoms with Crippen LogP contribution in [0.1, 0.15) is 12.8 Å². The van der Waals surface area contributed by atoms with Gasteiger partial charge in [-0.05, 0) is 12.8 Å². The number of hydrogen-bond acceptors (Lipinski definition) is 6. The largest absolute Gasteiger partial charge is 0.400 e. The molecular weight excluding hydrogens is 212 g/mol. The minimum absolute atomic E-state index is 0.0761. The maximum absolute atomic E-state index is 11.4. The van der Waals surface area contributed by atoms with Crippen LogP contribution in [0, 0.1) is 5.92 Å². The highest BCUT2D eigenvalue weighted by Crippen LogP contribution is 2.30. The molecule has 1 aliphatic rings. The van der Waals surface area contributed by atoms with Crippen LogP contribution in [0.3, 0.4) is 0 Å². The van der Waals surface area contributed by atoms with Gasteiger partial charge >= 0.3 is 6.01 Å². The Kier molecular flexibility index (Phi) is 1.95. The molecule has 1 fully saturated rings. The summed E-state index contributed by atoms with van der Waals surface area (Å²) in [5.74, 6) is 0.594. The normalized spacial score (nSPS) is 15.0. The fraction of sp³-hybridized carbons (Fsp3) is 0.333. The molecule has 3 rings (SSSR count). The highest BCUT2D eigenvalue weighted by atomic mass is 16.5. The molecule has 0 unspecified atom stereocenters. The van der Waals surface area contributed by atoms with Crippen LogP contribution in [0.25, 0.3) is 11.7 Å². The topological polar surface area (TPSA) is 94.1 Å². The monoisotopic (exact) mass is 220 g/mol. The van der Waals surface area contributed by atoms with E-state index in [0.29, 0.717) is 5.76 Å². The number of carbonyl (C=O) groups excluding carboxylic acids is 1. The lowest BCUT2D eigenvalue weighted by Crippen LogP contribution is -2.13. The number of amides is 1. The van der Waals surface area contributed by atoms with E-state index in [0.717, 1.165) is 12.8 Å². The average molecular weight is 220 g/mol. The zero-order valence-corrected chi connectivity index (χ0v) is 8.21. The van der Waals surface area contributed by atoms with E-state index in [9.17, 15) is 4.79 Å². The SMILES string of the molecule is O=C(Nc1nnc(-c2ccno2)o1)C1CC1. The molecule has 7 heteroatoms. The summed E-state index contributed by atoms with van der Waals surface area (Å²) in [6, 6.07) is 1.68. The van der Waals surface area contributed by atoms with E-state index in [1.807, 2.05) is 0 Å². The molecule has 7 nitrogen and oxygen atoms in total. The fourth-order valence-electron chi connectivity index (χ4n) is 1.25. The predicted molar refractivity (Wildman–Crippen MR) is 51.1 cm³/mol. The van der Waals surface area contributed by atoms with Crippen LogP contribution in [0.5, 0.6) is 0 Å². The second-order valence-corrected chi connectivity index (χ2v) is 3.55. The second-order valence-electron chi connectivity index (χ2n) is 3.55. The van der Waals surface area contributed by atoms with E-state index in [-0.39, 0.29) is 23.7 Å². The van der Waals surface area contributed by atoms with Gasteiger partial charge in [-0.15, -0.1) is 5.10 Å². The summed E-state index contributed by atoms with van der Waals surface area (Å²) in [6.07, 6.45) is 3.33. The Bertz CT molecular complexity index is 501. The molecule has 0 aromatic carbocycles. The van der Waals surface area contributed by atoms with Crippen LogP contribution in [0.4, 0.5) is 6.01 Å². The maximum Gasteiger partial charge on any atom is 0.322 e. The standard InChI is InChI=1S/C9H8N4O3/c14-7(5-1-2-5)11-9-13-12-8(15-9)6-3-4-10-16-6/h3-5H,1-2H2,(H,11,13,14). The van der Waals surface area contributed by atoms with E-state index in [4.69, 9.17) is 8.94 Å². The minimum atomic E-state index is -0.0761. The van der Waals surface area contributed by atoms with E-state index in [1.54, 1.807) is 6.07 Å². The van der Waals surface area contributed by atoms with Crippen molar-refractivity contribution < 1.29 is 13.7 Å². The summed E-state index contributed by atoms with van der Waals surface area (Å²) in [7, 11) is 0. The van der Waals surface area contributed by atoms with Crippen molar-refractivity contribution in [2.75, 3.05) is 5.32 Å². The molecule has 2 aromatic rings. The maximum atomic E-state index is 11.4. The van der Waals surface area contributed by atoms with Crippen molar-refractivity contribution >= 4 is 11.9 Å². The van der Waals surface area contributed by atoms with Gasteiger partial charge in [0.05, 0.1) is 6.20 Å². The van der Waals surface area contributed by atoms with Gasteiger partial charge in [0, 0.05) is 12.0 Å². The number of carbonyl (C=O) groups is 1. The molecule has 1 saturated carbocycles. The first-order valence-corrected chi connectivity index (χ1v) is 4.88. The van der Waals surface area contributed by atoms with E-state index in [1.165, 1.54) is 6.20 Å². The van der Waals surface area contributed by atoms with Crippen molar-refractivity contribution in [3.8, 4) is 11.7 Å². The first kappa shape index (κ1) is 9.08. The molecule has 82 valence electrons. The number of nitrogens with zero attached hydrogens (tertiary/aromatic N) is 3. The van der Waals surface area contributed by atoms with Crippen LogP contribution in [0.15, 0.2) is 21.2 Å². The van der Waals surface area contributed by atoms with Gasteiger partial charge in [0.1, 0.15) is 0 Å². The highest BCUT2D eigenvalue weighted by Gasteiger charge is 2.30.